The van der Waals surface area contributed by atoms with E-state index in [1.54, 1.807) is 0 Å². The number of carboxylic acids is 1. The highest BCUT2D eigenvalue weighted by molar-refractivity contribution is 5.92. The maximum Gasteiger partial charge on any atom is 0.341 e. The van der Waals surface area contributed by atoms with E-state index in [2.05, 4.69) is 5.10 Å². The third kappa shape index (κ3) is 1.17. The van der Waals surface area contributed by atoms with E-state index in [1.807, 2.05) is 6.92 Å². The lowest BCUT2D eigenvalue weighted by molar-refractivity contribution is 0.0698. The predicted octanol–water partition coefficient (Wildman–Crippen LogP) is 0.183. The van der Waals surface area contributed by atoms with Gasteiger partial charge in [-0.3, -0.25) is 0 Å². The Kier molecular flexibility index (Phi) is 1.80. The van der Waals surface area contributed by atoms with Gasteiger partial charge in [0.1, 0.15) is 11.4 Å². The van der Waals surface area contributed by atoms with Crippen LogP contribution in [0.25, 0.3) is 0 Å². The van der Waals surface area contributed by atoms with Crippen molar-refractivity contribution in [2.24, 2.45) is 0 Å². The number of anilines is 1. The van der Waals surface area contributed by atoms with Crippen LogP contribution in [-0.2, 0) is 6.54 Å². The second-order valence-corrected chi connectivity index (χ2v) is 2.06. The molecule has 0 amide bonds. The van der Waals surface area contributed by atoms with Crippen LogP contribution in [0, 0.1) is 0 Å². The van der Waals surface area contributed by atoms with Gasteiger partial charge in [0, 0.05) is 6.54 Å². The standard InChI is InChI=1S/C6H9N3O2/c1-2-9-5(7)4(3-8-9)6(10)11/h3H,2,7H2,1H3,(H,10,11). The van der Waals surface area contributed by atoms with Gasteiger partial charge in [0.2, 0.25) is 0 Å². The molecule has 0 radical (unpaired) electrons. The lowest BCUT2D eigenvalue weighted by atomic mass is 10.3. The maximum absolute atomic E-state index is 10.4. The third-order valence-corrected chi connectivity index (χ3v) is 1.41. The molecule has 0 aromatic carbocycles. The molecule has 5 heteroatoms. The molecule has 11 heavy (non-hydrogen) atoms. The van der Waals surface area contributed by atoms with Crippen LogP contribution in [0.15, 0.2) is 6.20 Å². The van der Waals surface area contributed by atoms with Crippen molar-refractivity contribution in [2.45, 2.75) is 13.5 Å². The van der Waals surface area contributed by atoms with Gasteiger partial charge in [-0.15, -0.1) is 0 Å². The van der Waals surface area contributed by atoms with Gasteiger partial charge >= 0.3 is 5.97 Å². The Morgan fingerprint density at radius 2 is 2.55 bits per heavy atom. The van der Waals surface area contributed by atoms with Crippen LogP contribution in [-0.4, -0.2) is 20.9 Å². The molecule has 0 saturated heterocycles. The van der Waals surface area contributed by atoms with E-state index in [1.165, 1.54) is 10.9 Å². The number of rotatable bonds is 2. The molecule has 5 nitrogen and oxygen atoms in total. The molecule has 0 aliphatic rings. The van der Waals surface area contributed by atoms with Crippen molar-refractivity contribution in [3.05, 3.63) is 11.8 Å². The van der Waals surface area contributed by atoms with Crippen LogP contribution < -0.4 is 5.73 Å². The minimum atomic E-state index is -1.04. The van der Waals surface area contributed by atoms with Crippen LogP contribution in [0.2, 0.25) is 0 Å². The first-order valence-corrected chi connectivity index (χ1v) is 3.21. The minimum absolute atomic E-state index is 0.0619. The molecule has 3 N–H and O–H groups in total. The summed E-state index contributed by atoms with van der Waals surface area (Å²) in [5, 5.41) is 12.3. The van der Waals surface area contributed by atoms with Crippen LogP contribution in [0.1, 0.15) is 17.3 Å². The molecular formula is C6H9N3O2. The van der Waals surface area contributed by atoms with E-state index in [9.17, 15) is 4.79 Å². The Morgan fingerprint density at radius 1 is 1.91 bits per heavy atom. The summed E-state index contributed by atoms with van der Waals surface area (Å²) in [5.41, 5.74) is 5.50. The average Bonchev–Trinajstić information content (AvgIpc) is 2.30. The van der Waals surface area contributed by atoms with Gasteiger partial charge in [0.05, 0.1) is 6.20 Å². The van der Waals surface area contributed by atoms with Crippen molar-refractivity contribution in [3.63, 3.8) is 0 Å². The highest BCUT2D eigenvalue weighted by Crippen LogP contribution is 2.09. The van der Waals surface area contributed by atoms with E-state index in [4.69, 9.17) is 10.8 Å². The molecule has 0 aliphatic heterocycles. The zero-order chi connectivity index (χ0) is 8.43. The van der Waals surface area contributed by atoms with Crippen molar-refractivity contribution in [2.75, 3.05) is 5.73 Å². The number of aromatic nitrogens is 2. The van der Waals surface area contributed by atoms with Crippen molar-refractivity contribution in [3.8, 4) is 0 Å². The molecule has 0 spiro atoms. The summed E-state index contributed by atoms with van der Waals surface area (Å²) in [5.74, 6) is -0.831. The Bertz CT molecular complexity index is 279. The van der Waals surface area contributed by atoms with Gasteiger partial charge in [-0.2, -0.15) is 5.10 Å². The number of nitrogens with two attached hydrogens (primary N) is 1. The first-order valence-electron chi connectivity index (χ1n) is 3.21. The number of hydrogen-bond donors (Lipinski definition) is 2. The summed E-state index contributed by atoms with van der Waals surface area (Å²) in [6.45, 7) is 2.42. The van der Waals surface area contributed by atoms with E-state index in [0.717, 1.165) is 0 Å². The van der Waals surface area contributed by atoms with E-state index >= 15 is 0 Å². The van der Waals surface area contributed by atoms with Crippen molar-refractivity contribution >= 4 is 11.8 Å². The van der Waals surface area contributed by atoms with E-state index in [-0.39, 0.29) is 11.4 Å². The van der Waals surface area contributed by atoms with Gasteiger partial charge in [0.15, 0.2) is 0 Å². The lowest BCUT2D eigenvalue weighted by Gasteiger charge is -1.97. The first-order chi connectivity index (χ1) is 5.16. The van der Waals surface area contributed by atoms with Crippen LogP contribution in [0.3, 0.4) is 0 Å². The highest BCUT2D eigenvalue weighted by Gasteiger charge is 2.11. The summed E-state index contributed by atoms with van der Waals surface area (Å²) >= 11 is 0. The normalized spacial score (nSPS) is 9.91. The summed E-state index contributed by atoms with van der Waals surface area (Å²) in [6, 6.07) is 0. The number of aromatic carboxylic acids is 1. The highest BCUT2D eigenvalue weighted by atomic mass is 16.4. The molecule has 1 heterocycles. The zero-order valence-corrected chi connectivity index (χ0v) is 6.11. The lowest BCUT2D eigenvalue weighted by Crippen LogP contribution is -2.05. The molecule has 0 unspecified atom stereocenters. The molecule has 1 aromatic heterocycles. The number of hydrogen-bond acceptors (Lipinski definition) is 3. The molecule has 0 atom stereocenters. The van der Waals surface area contributed by atoms with Crippen LogP contribution in [0.5, 0.6) is 0 Å². The fourth-order valence-corrected chi connectivity index (χ4v) is 0.812. The SMILES string of the molecule is CCn1ncc(C(=O)O)c1N. The minimum Gasteiger partial charge on any atom is -0.477 e. The van der Waals surface area contributed by atoms with Crippen LogP contribution >= 0.6 is 0 Å². The van der Waals surface area contributed by atoms with Crippen LogP contribution in [0.4, 0.5) is 5.82 Å². The molecular weight excluding hydrogens is 146 g/mol. The van der Waals surface area contributed by atoms with Gasteiger partial charge in [-0.25, -0.2) is 9.48 Å². The number of carbonyl (C=O) groups is 1. The second-order valence-electron chi connectivity index (χ2n) is 2.06. The van der Waals surface area contributed by atoms with Crippen molar-refractivity contribution in [1.29, 1.82) is 0 Å². The summed E-state index contributed by atoms with van der Waals surface area (Å²) in [7, 11) is 0. The predicted molar refractivity (Wildman–Crippen MR) is 39.3 cm³/mol. The Balaban J connectivity index is 3.10. The Hall–Kier alpha value is -1.52. The average molecular weight is 155 g/mol. The monoisotopic (exact) mass is 155 g/mol. The number of aryl methyl sites for hydroxylation is 1. The van der Waals surface area contributed by atoms with E-state index < -0.39 is 5.97 Å². The number of carboxylic acid groups (broad SMARTS) is 1. The molecule has 0 bridgehead atoms. The fourth-order valence-electron chi connectivity index (χ4n) is 0.812. The maximum atomic E-state index is 10.4. The zero-order valence-electron chi connectivity index (χ0n) is 6.11. The van der Waals surface area contributed by atoms with Gasteiger partial charge in [-0.1, -0.05) is 0 Å². The summed E-state index contributed by atoms with van der Waals surface area (Å²) in [4.78, 5) is 10.4. The first kappa shape index (κ1) is 7.59. The molecule has 0 saturated carbocycles. The Morgan fingerprint density at radius 3 is 2.82 bits per heavy atom. The molecule has 1 rings (SSSR count). The smallest absolute Gasteiger partial charge is 0.341 e. The van der Waals surface area contributed by atoms with Crippen molar-refractivity contribution < 1.29 is 9.90 Å². The number of nitrogen functional groups attached to an aromatic ring is 1. The quantitative estimate of drug-likeness (QED) is 0.638. The van der Waals surface area contributed by atoms with Gasteiger partial charge < -0.3 is 10.8 Å². The van der Waals surface area contributed by atoms with E-state index in [0.29, 0.717) is 6.54 Å². The van der Waals surface area contributed by atoms with Gasteiger partial charge in [-0.05, 0) is 6.92 Å². The molecule has 0 aliphatic carbocycles. The molecule has 60 valence electrons. The topological polar surface area (TPSA) is 81.1 Å². The largest absolute Gasteiger partial charge is 0.477 e. The fraction of sp³-hybridized carbons (Fsp3) is 0.333. The second kappa shape index (κ2) is 2.61. The molecule has 1 aromatic rings. The summed E-state index contributed by atoms with van der Waals surface area (Å²) < 4.78 is 1.43. The number of nitrogens with zero attached hydrogens (tertiary/aromatic N) is 2. The van der Waals surface area contributed by atoms with Crippen molar-refractivity contribution in [1.82, 2.24) is 9.78 Å². The molecule has 0 fully saturated rings. The third-order valence-electron chi connectivity index (χ3n) is 1.41. The summed E-state index contributed by atoms with van der Waals surface area (Å²) in [6.07, 6.45) is 1.25. The van der Waals surface area contributed by atoms with Gasteiger partial charge in [0.25, 0.3) is 0 Å². The Labute approximate surface area is 63.4 Å².